The number of rotatable bonds is 7. The van der Waals surface area contributed by atoms with Gasteiger partial charge in [0.15, 0.2) is 16.6 Å². The number of ether oxygens (including phenoxy) is 2. The Labute approximate surface area is 177 Å². The Bertz CT molecular complexity index is 869. The molecule has 2 saturated heterocycles. The van der Waals surface area contributed by atoms with Crippen molar-refractivity contribution in [3.63, 3.8) is 0 Å². The molecule has 1 amide bonds. The molecule has 0 aromatic carbocycles. The van der Waals surface area contributed by atoms with Gasteiger partial charge in [-0.05, 0) is 26.7 Å². The Balaban J connectivity index is 1.77. The summed E-state index contributed by atoms with van der Waals surface area (Å²) in [7, 11) is 0. The van der Waals surface area contributed by atoms with E-state index >= 15 is 0 Å². The number of thioether (sulfide) groups is 1. The van der Waals surface area contributed by atoms with E-state index in [0.717, 1.165) is 25.0 Å². The first kappa shape index (κ1) is 20.8. The molecular weight excluding hydrogens is 420 g/mol. The number of aromatic nitrogens is 2. The summed E-state index contributed by atoms with van der Waals surface area (Å²) < 4.78 is 12.0. The molecule has 1 saturated carbocycles. The summed E-state index contributed by atoms with van der Waals surface area (Å²) in [6.07, 6.45) is 2.39. The average Bonchev–Trinajstić information content (AvgIpc) is 3.23. The van der Waals surface area contributed by atoms with Crippen LogP contribution in [0.25, 0.3) is 0 Å². The zero-order valence-electron chi connectivity index (χ0n) is 16.4. The lowest BCUT2D eigenvalue weighted by Crippen LogP contribution is -2.55. The van der Waals surface area contributed by atoms with Crippen molar-refractivity contribution in [2.24, 2.45) is 5.92 Å². The maximum absolute atomic E-state index is 12.6. The fourth-order valence-corrected chi connectivity index (χ4v) is 5.60. The van der Waals surface area contributed by atoms with Crippen molar-refractivity contribution in [1.82, 2.24) is 15.3 Å². The number of piperidine rings is 1. The molecule has 9 nitrogen and oxygen atoms in total. The summed E-state index contributed by atoms with van der Waals surface area (Å²) in [6, 6.07) is 0. The predicted octanol–water partition coefficient (Wildman–Crippen LogP) is 3.19. The third kappa shape index (κ3) is 3.39. The zero-order chi connectivity index (χ0) is 21.0. The number of carbonyl (C=O) groups excluding carboxylic acids is 1. The van der Waals surface area contributed by atoms with Crippen molar-refractivity contribution in [2.75, 3.05) is 5.75 Å². The van der Waals surface area contributed by atoms with Crippen LogP contribution in [0.5, 0.6) is 0 Å². The molecular formula is C18H23ClN4O5S. The van der Waals surface area contributed by atoms with Gasteiger partial charge in [0.05, 0.1) is 10.8 Å². The highest BCUT2D eigenvalue weighted by molar-refractivity contribution is 7.99. The molecule has 1 N–H and O–H groups in total. The molecule has 1 aromatic heterocycles. The van der Waals surface area contributed by atoms with Gasteiger partial charge in [0.2, 0.25) is 11.1 Å². The molecule has 3 fully saturated rings. The number of hydrogen-bond acceptors (Lipinski definition) is 8. The van der Waals surface area contributed by atoms with E-state index in [4.69, 9.17) is 21.1 Å². The number of fused-ring (bicyclic) bond motifs is 5. The van der Waals surface area contributed by atoms with Crippen molar-refractivity contribution in [3.8, 4) is 0 Å². The van der Waals surface area contributed by atoms with Gasteiger partial charge in [0, 0.05) is 5.75 Å². The molecule has 4 rings (SSSR count). The minimum absolute atomic E-state index is 0.102. The topological polar surface area (TPSA) is 116 Å². The second-order valence-electron chi connectivity index (χ2n) is 8.10. The number of nitrogens with one attached hydrogen (secondary N) is 1. The lowest BCUT2D eigenvalue weighted by molar-refractivity contribution is -0.386. The zero-order valence-corrected chi connectivity index (χ0v) is 18.0. The van der Waals surface area contributed by atoms with Gasteiger partial charge in [0.1, 0.15) is 17.7 Å². The van der Waals surface area contributed by atoms with Gasteiger partial charge in [0.25, 0.3) is 0 Å². The van der Waals surface area contributed by atoms with Crippen LogP contribution < -0.4 is 5.32 Å². The SMILES string of the molecule is CCCCCSc1nc(Cl)c([N+](=O)[O-])c(C23CC(C(=O)N2)C2OC(C)(C)OC23)n1. The minimum atomic E-state index is -1.16. The van der Waals surface area contributed by atoms with E-state index < -0.39 is 34.4 Å². The van der Waals surface area contributed by atoms with Gasteiger partial charge < -0.3 is 14.8 Å². The van der Waals surface area contributed by atoms with Crippen LogP contribution in [0.2, 0.25) is 5.15 Å². The molecule has 2 aliphatic heterocycles. The van der Waals surface area contributed by atoms with Gasteiger partial charge in [-0.3, -0.25) is 14.9 Å². The monoisotopic (exact) mass is 442 g/mol. The third-order valence-corrected chi connectivity index (χ3v) is 6.84. The Kier molecular flexibility index (Phi) is 5.25. The van der Waals surface area contributed by atoms with Crippen LogP contribution in [-0.4, -0.2) is 44.5 Å². The molecule has 2 bridgehead atoms. The molecule has 4 unspecified atom stereocenters. The number of carbonyl (C=O) groups is 1. The highest BCUT2D eigenvalue weighted by Gasteiger charge is 2.71. The second kappa shape index (κ2) is 7.33. The standard InChI is InChI=1S/C18H23ClN4O5S/c1-4-5-6-7-29-16-20-12(10(23(25)26)14(19)21-16)18-8-9(15(24)22-18)11-13(18)28-17(2,3)27-11/h9,11,13H,4-8H2,1-3H3,(H,22,24). The second-order valence-corrected chi connectivity index (χ2v) is 9.52. The average molecular weight is 443 g/mol. The van der Waals surface area contributed by atoms with Crippen molar-refractivity contribution in [1.29, 1.82) is 0 Å². The number of nitrogens with zero attached hydrogens (tertiary/aromatic N) is 3. The van der Waals surface area contributed by atoms with Crippen molar-refractivity contribution >= 4 is 35.0 Å². The summed E-state index contributed by atoms with van der Waals surface area (Å²) in [5.74, 6) is -0.777. The molecule has 11 heteroatoms. The Hall–Kier alpha value is -1.49. The predicted molar refractivity (Wildman–Crippen MR) is 106 cm³/mol. The van der Waals surface area contributed by atoms with Crippen LogP contribution in [0.4, 0.5) is 5.69 Å². The van der Waals surface area contributed by atoms with E-state index in [2.05, 4.69) is 22.2 Å². The van der Waals surface area contributed by atoms with Crippen LogP contribution in [0.3, 0.4) is 0 Å². The van der Waals surface area contributed by atoms with E-state index in [1.54, 1.807) is 13.8 Å². The van der Waals surface area contributed by atoms with Gasteiger partial charge >= 0.3 is 5.69 Å². The van der Waals surface area contributed by atoms with Crippen LogP contribution in [0.1, 0.15) is 52.1 Å². The Morgan fingerprint density at radius 2 is 2.10 bits per heavy atom. The molecule has 3 aliphatic rings. The molecule has 4 atom stereocenters. The summed E-state index contributed by atoms with van der Waals surface area (Å²) in [4.78, 5) is 32.5. The van der Waals surface area contributed by atoms with Crippen molar-refractivity contribution in [3.05, 3.63) is 21.0 Å². The molecule has 1 aliphatic carbocycles. The Morgan fingerprint density at radius 3 is 2.79 bits per heavy atom. The molecule has 29 heavy (non-hydrogen) atoms. The first-order chi connectivity index (χ1) is 13.7. The lowest BCUT2D eigenvalue weighted by Gasteiger charge is -2.34. The summed E-state index contributed by atoms with van der Waals surface area (Å²) in [5, 5.41) is 14.9. The molecule has 158 valence electrons. The molecule has 1 aromatic rings. The lowest BCUT2D eigenvalue weighted by atomic mass is 9.90. The third-order valence-electron chi connectivity index (χ3n) is 5.64. The Morgan fingerprint density at radius 1 is 1.34 bits per heavy atom. The smallest absolute Gasteiger partial charge is 0.330 e. The number of amides is 1. The van der Waals surface area contributed by atoms with Crippen LogP contribution >= 0.6 is 23.4 Å². The van der Waals surface area contributed by atoms with Crippen molar-refractivity contribution in [2.45, 2.75) is 75.1 Å². The quantitative estimate of drug-likeness (QED) is 0.171. The van der Waals surface area contributed by atoms with Gasteiger partial charge in [-0.1, -0.05) is 43.1 Å². The van der Waals surface area contributed by atoms with E-state index in [9.17, 15) is 14.9 Å². The maximum atomic E-state index is 12.6. The van der Waals surface area contributed by atoms with Gasteiger partial charge in [-0.15, -0.1) is 0 Å². The molecule has 0 radical (unpaired) electrons. The summed E-state index contributed by atoms with van der Waals surface area (Å²) in [6.45, 7) is 5.64. The summed E-state index contributed by atoms with van der Waals surface area (Å²) in [5.41, 5.74) is -1.45. The fourth-order valence-electron chi connectivity index (χ4n) is 4.47. The van der Waals surface area contributed by atoms with E-state index in [1.165, 1.54) is 11.8 Å². The maximum Gasteiger partial charge on any atom is 0.330 e. The number of hydrogen-bond donors (Lipinski definition) is 1. The minimum Gasteiger partial charge on any atom is -0.344 e. The number of nitro groups is 1. The summed E-state index contributed by atoms with van der Waals surface area (Å²) >= 11 is 7.63. The highest BCUT2D eigenvalue weighted by Crippen LogP contribution is 2.56. The number of unbranched alkanes of at least 4 members (excludes halogenated alkanes) is 2. The normalized spacial score (nSPS) is 31.7. The molecule has 0 spiro atoms. The van der Waals surface area contributed by atoms with Crippen molar-refractivity contribution < 1.29 is 19.2 Å². The van der Waals surface area contributed by atoms with E-state index in [1.807, 2.05) is 0 Å². The highest BCUT2D eigenvalue weighted by atomic mass is 35.5. The van der Waals surface area contributed by atoms with Crippen LogP contribution in [-0.2, 0) is 19.8 Å². The first-order valence-corrected chi connectivity index (χ1v) is 11.1. The van der Waals surface area contributed by atoms with Crippen LogP contribution in [0.15, 0.2) is 5.16 Å². The largest absolute Gasteiger partial charge is 0.344 e. The van der Waals surface area contributed by atoms with E-state index in [0.29, 0.717) is 11.6 Å². The van der Waals surface area contributed by atoms with Gasteiger partial charge in [-0.2, -0.15) is 0 Å². The first-order valence-electron chi connectivity index (χ1n) is 9.71. The van der Waals surface area contributed by atoms with Crippen LogP contribution in [0, 0.1) is 16.0 Å². The number of halogens is 1. The fraction of sp³-hybridized carbons (Fsp3) is 0.722. The van der Waals surface area contributed by atoms with Gasteiger partial charge in [-0.25, -0.2) is 9.97 Å². The van der Waals surface area contributed by atoms with E-state index in [-0.39, 0.29) is 22.4 Å². The molecule has 3 heterocycles.